The Morgan fingerprint density at radius 2 is 1.97 bits per heavy atom. The summed E-state index contributed by atoms with van der Waals surface area (Å²) in [5, 5.41) is 7.40. The number of thiophene rings is 1. The minimum Gasteiger partial charge on any atom is -0.349 e. The molecule has 5 heterocycles. The molecule has 8 heteroatoms. The second-order valence-electron chi connectivity index (χ2n) is 9.96. The maximum Gasteiger partial charge on any atom is 0.219 e. The Kier molecular flexibility index (Phi) is 6.31. The van der Waals surface area contributed by atoms with Crippen LogP contribution in [-0.2, 0) is 22.6 Å². The Morgan fingerprint density at radius 1 is 1.21 bits per heavy atom. The highest BCUT2D eigenvalue weighted by atomic mass is 32.1. The van der Waals surface area contributed by atoms with Crippen molar-refractivity contribution in [2.75, 3.05) is 13.1 Å². The first-order chi connectivity index (χ1) is 15.9. The number of hydrogen-bond acceptors (Lipinski definition) is 5. The van der Waals surface area contributed by atoms with Gasteiger partial charge in [0, 0.05) is 57.2 Å². The van der Waals surface area contributed by atoms with Crippen LogP contribution in [0.25, 0.3) is 0 Å². The fraction of sp³-hybridized carbons (Fsp3) is 0.640. The number of aryl methyl sites for hydroxylation is 1. The molecule has 5 rings (SSSR count). The molecule has 3 aliphatic rings. The number of carbonyl (C=O) groups is 2. The quantitative estimate of drug-likeness (QED) is 0.702. The van der Waals surface area contributed by atoms with Gasteiger partial charge in [0.25, 0.3) is 0 Å². The summed E-state index contributed by atoms with van der Waals surface area (Å²) in [6, 6.07) is 3.93. The van der Waals surface area contributed by atoms with Gasteiger partial charge in [-0.3, -0.25) is 14.5 Å². The molecule has 7 nitrogen and oxygen atoms in total. The molecule has 4 atom stereocenters. The van der Waals surface area contributed by atoms with Gasteiger partial charge in [0.05, 0.1) is 18.3 Å². The number of nitrogens with zero attached hydrogens (tertiary/aromatic N) is 4. The van der Waals surface area contributed by atoms with Crippen molar-refractivity contribution in [2.24, 2.45) is 0 Å². The minimum atomic E-state index is 0.0385. The van der Waals surface area contributed by atoms with Crippen LogP contribution in [0.2, 0.25) is 0 Å². The summed E-state index contributed by atoms with van der Waals surface area (Å²) in [5.41, 5.74) is 3.67. The van der Waals surface area contributed by atoms with Gasteiger partial charge in [-0.15, -0.1) is 0 Å². The Hall–Kier alpha value is -2.19. The van der Waals surface area contributed by atoms with E-state index in [0.29, 0.717) is 24.7 Å². The van der Waals surface area contributed by atoms with Gasteiger partial charge < -0.3 is 14.8 Å². The molecule has 0 radical (unpaired) electrons. The third-order valence-electron chi connectivity index (χ3n) is 7.90. The molecular weight excluding hydrogens is 434 g/mol. The van der Waals surface area contributed by atoms with Crippen molar-refractivity contribution in [3.05, 3.63) is 39.6 Å². The summed E-state index contributed by atoms with van der Waals surface area (Å²) in [6.45, 7) is 7.86. The van der Waals surface area contributed by atoms with Crippen LogP contribution in [0.1, 0.15) is 80.8 Å². The average molecular weight is 470 g/mol. The highest BCUT2D eigenvalue weighted by Crippen LogP contribution is 2.43. The number of hydrogen-bond donors (Lipinski definition) is 1. The van der Waals surface area contributed by atoms with Gasteiger partial charge in [0.15, 0.2) is 0 Å². The van der Waals surface area contributed by atoms with Gasteiger partial charge in [0.2, 0.25) is 11.8 Å². The van der Waals surface area contributed by atoms with E-state index in [2.05, 4.69) is 38.5 Å². The molecule has 0 unspecified atom stereocenters. The Labute approximate surface area is 200 Å². The first kappa shape index (κ1) is 22.6. The van der Waals surface area contributed by atoms with Gasteiger partial charge in [-0.1, -0.05) is 0 Å². The predicted molar refractivity (Wildman–Crippen MR) is 129 cm³/mol. The van der Waals surface area contributed by atoms with Crippen molar-refractivity contribution in [2.45, 2.75) is 90.0 Å². The highest BCUT2D eigenvalue weighted by Gasteiger charge is 2.42. The van der Waals surface area contributed by atoms with Crippen molar-refractivity contribution in [3.8, 4) is 0 Å². The third kappa shape index (κ3) is 4.47. The van der Waals surface area contributed by atoms with Crippen LogP contribution in [0.3, 0.4) is 0 Å². The van der Waals surface area contributed by atoms with Crippen molar-refractivity contribution >= 4 is 23.2 Å². The number of carbonyl (C=O) groups excluding carboxylic acids is 2. The largest absolute Gasteiger partial charge is 0.349 e. The topological polar surface area (TPSA) is 70.5 Å². The fourth-order valence-corrected chi connectivity index (χ4v) is 7.15. The average Bonchev–Trinajstić information content (AvgIpc) is 3.46. The van der Waals surface area contributed by atoms with Crippen LogP contribution >= 0.6 is 11.3 Å². The monoisotopic (exact) mass is 469 g/mol. The number of aromatic nitrogens is 2. The zero-order chi connectivity index (χ0) is 23.1. The van der Waals surface area contributed by atoms with Gasteiger partial charge in [-0.25, -0.2) is 4.98 Å². The lowest BCUT2D eigenvalue weighted by atomic mass is 9.95. The van der Waals surface area contributed by atoms with Crippen molar-refractivity contribution in [3.63, 3.8) is 0 Å². The molecule has 2 amide bonds. The van der Waals surface area contributed by atoms with E-state index in [0.717, 1.165) is 37.4 Å². The summed E-state index contributed by atoms with van der Waals surface area (Å²) in [7, 11) is 0. The molecular formula is C25H35N5O2S. The first-order valence-electron chi connectivity index (χ1n) is 12.3. The second-order valence-corrected chi connectivity index (χ2v) is 10.7. The van der Waals surface area contributed by atoms with Gasteiger partial charge in [-0.05, 0) is 61.4 Å². The zero-order valence-electron chi connectivity index (χ0n) is 19.9. The maximum absolute atomic E-state index is 11.8. The second kappa shape index (κ2) is 9.22. The number of piperidine rings is 1. The molecule has 1 N–H and O–H groups in total. The summed E-state index contributed by atoms with van der Waals surface area (Å²) >= 11 is 1.69. The molecule has 0 spiro atoms. The molecule has 0 aliphatic carbocycles. The van der Waals surface area contributed by atoms with Crippen LogP contribution in [0.15, 0.2) is 16.8 Å². The SMILES string of the molecule is CC(=O)N[C@@H](CCN1[C@@H]2CC[C@H]1C[C@@H](n1c(C)nc3c1CCN(C(C)=O)C3)C2)c1ccsc1. The van der Waals surface area contributed by atoms with Gasteiger partial charge in [0.1, 0.15) is 5.82 Å². The lowest BCUT2D eigenvalue weighted by molar-refractivity contribution is -0.129. The Bertz CT molecular complexity index is 1000. The number of imidazole rings is 1. The van der Waals surface area contributed by atoms with Crippen molar-refractivity contribution in [1.29, 1.82) is 0 Å². The maximum atomic E-state index is 11.8. The zero-order valence-corrected chi connectivity index (χ0v) is 20.7. The lowest BCUT2D eigenvalue weighted by Gasteiger charge is -2.41. The van der Waals surface area contributed by atoms with Crippen molar-refractivity contribution in [1.82, 2.24) is 24.7 Å². The van der Waals surface area contributed by atoms with E-state index in [4.69, 9.17) is 4.98 Å². The number of amides is 2. The smallest absolute Gasteiger partial charge is 0.219 e. The molecule has 2 aromatic heterocycles. The van der Waals surface area contributed by atoms with Gasteiger partial charge >= 0.3 is 0 Å². The molecule has 178 valence electrons. The molecule has 3 aliphatic heterocycles. The van der Waals surface area contributed by atoms with E-state index in [1.165, 1.54) is 36.9 Å². The molecule has 0 aromatic carbocycles. The van der Waals surface area contributed by atoms with Crippen LogP contribution < -0.4 is 5.32 Å². The lowest BCUT2D eigenvalue weighted by Crippen LogP contribution is -2.45. The van der Waals surface area contributed by atoms with Crippen LogP contribution in [0, 0.1) is 6.92 Å². The van der Waals surface area contributed by atoms with E-state index in [9.17, 15) is 9.59 Å². The molecule has 0 saturated carbocycles. The molecule has 2 fully saturated rings. The normalized spacial score (nSPS) is 25.7. The van der Waals surface area contributed by atoms with Crippen molar-refractivity contribution < 1.29 is 9.59 Å². The van der Waals surface area contributed by atoms with E-state index in [1.54, 1.807) is 25.2 Å². The third-order valence-corrected chi connectivity index (χ3v) is 8.60. The molecule has 2 bridgehead atoms. The van der Waals surface area contributed by atoms with E-state index in [-0.39, 0.29) is 17.9 Å². The van der Waals surface area contributed by atoms with Crippen LogP contribution in [-0.4, -0.2) is 56.3 Å². The van der Waals surface area contributed by atoms with Gasteiger partial charge in [-0.2, -0.15) is 11.3 Å². The fourth-order valence-electron chi connectivity index (χ4n) is 6.43. The standard InChI is InChI=1S/C25H35N5O2S/c1-16-26-24-14-28(18(3)32)9-7-25(24)30(16)22-12-20-4-5-21(13-22)29(20)10-6-23(27-17(2)31)19-8-11-33-15-19/h8,11,15,20-23H,4-7,9-10,12-14H2,1-3H3,(H,27,31)/t20-,21+,22+,23-/m0/s1. The number of nitrogens with one attached hydrogen (secondary N) is 1. The summed E-state index contributed by atoms with van der Waals surface area (Å²) < 4.78 is 2.51. The highest BCUT2D eigenvalue weighted by molar-refractivity contribution is 7.08. The molecule has 2 saturated heterocycles. The minimum absolute atomic E-state index is 0.0385. The first-order valence-corrected chi connectivity index (χ1v) is 13.2. The van der Waals surface area contributed by atoms with E-state index in [1.807, 2.05) is 4.90 Å². The summed E-state index contributed by atoms with van der Waals surface area (Å²) in [6.07, 6.45) is 6.72. The summed E-state index contributed by atoms with van der Waals surface area (Å²) in [4.78, 5) is 33.1. The molecule has 33 heavy (non-hydrogen) atoms. The number of fused-ring (bicyclic) bond motifs is 3. The van der Waals surface area contributed by atoms with E-state index < -0.39 is 0 Å². The van der Waals surface area contributed by atoms with Crippen LogP contribution in [0.4, 0.5) is 0 Å². The number of rotatable bonds is 6. The Morgan fingerprint density at radius 3 is 2.61 bits per heavy atom. The van der Waals surface area contributed by atoms with E-state index >= 15 is 0 Å². The predicted octanol–water partition coefficient (Wildman–Crippen LogP) is 3.59. The molecule has 2 aromatic rings. The Balaban J connectivity index is 1.27. The summed E-state index contributed by atoms with van der Waals surface area (Å²) in [5.74, 6) is 1.28. The van der Waals surface area contributed by atoms with Crippen LogP contribution in [0.5, 0.6) is 0 Å².